The SMILES string of the molecule is CN1CCC(O/N=C/c2ccc(C(=N)N)cc2)CC1. The number of benzene rings is 1. The van der Waals surface area contributed by atoms with E-state index in [-0.39, 0.29) is 11.9 Å². The molecule has 2 rings (SSSR count). The van der Waals surface area contributed by atoms with Gasteiger partial charge in [0.25, 0.3) is 0 Å². The van der Waals surface area contributed by atoms with Crippen LogP contribution in [-0.2, 0) is 4.84 Å². The lowest BCUT2D eigenvalue weighted by molar-refractivity contribution is 0.0170. The molecule has 1 aliphatic rings. The zero-order chi connectivity index (χ0) is 13.7. The van der Waals surface area contributed by atoms with Gasteiger partial charge in [-0.2, -0.15) is 0 Å². The average molecular weight is 260 g/mol. The maximum absolute atomic E-state index is 7.31. The highest BCUT2D eigenvalue weighted by molar-refractivity contribution is 5.95. The van der Waals surface area contributed by atoms with Crippen molar-refractivity contribution in [3.8, 4) is 0 Å². The van der Waals surface area contributed by atoms with Crippen LogP contribution in [0.4, 0.5) is 0 Å². The predicted octanol–water partition coefficient (Wildman–Crippen LogP) is 1.42. The maximum Gasteiger partial charge on any atom is 0.130 e. The highest BCUT2D eigenvalue weighted by atomic mass is 16.6. The van der Waals surface area contributed by atoms with Gasteiger partial charge in [-0.05, 0) is 25.5 Å². The fourth-order valence-electron chi connectivity index (χ4n) is 2.02. The fraction of sp³-hybridized carbons (Fsp3) is 0.429. The average Bonchev–Trinajstić information content (AvgIpc) is 2.41. The van der Waals surface area contributed by atoms with E-state index in [1.807, 2.05) is 12.1 Å². The molecule has 0 amide bonds. The lowest BCUT2D eigenvalue weighted by atomic mass is 10.1. The standard InChI is InChI=1S/C14H20N4O/c1-18-8-6-13(7-9-18)19-17-10-11-2-4-12(5-3-11)14(15)16/h2-5,10,13H,6-9H2,1H3,(H3,15,16)/b17-10+. The Bertz CT molecular complexity index is 447. The Labute approximate surface area is 113 Å². The van der Waals surface area contributed by atoms with E-state index >= 15 is 0 Å². The summed E-state index contributed by atoms with van der Waals surface area (Å²) in [5.74, 6) is 0.0751. The van der Waals surface area contributed by atoms with Gasteiger partial charge in [-0.1, -0.05) is 29.4 Å². The predicted molar refractivity (Wildman–Crippen MR) is 76.7 cm³/mol. The van der Waals surface area contributed by atoms with Crippen LogP contribution in [0.2, 0.25) is 0 Å². The first-order chi connectivity index (χ1) is 9.15. The number of amidine groups is 1. The lowest BCUT2D eigenvalue weighted by Gasteiger charge is -2.27. The molecule has 0 bridgehead atoms. The molecule has 1 saturated heterocycles. The number of oxime groups is 1. The third-order valence-electron chi connectivity index (χ3n) is 3.30. The zero-order valence-electron chi connectivity index (χ0n) is 11.2. The van der Waals surface area contributed by atoms with Crippen LogP contribution in [0.5, 0.6) is 0 Å². The van der Waals surface area contributed by atoms with Crippen LogP contribution in [0.1, 0.15) is 24.0 Å². The van der Waals surface area contributed by atoms with Gasteiger partial charge in [0.15, 0.2) is 0 Å². The molecule has 0 aliphatic carbocycles. The molecule has 3 N–H and O–H groups in total. The second kappa shape index (κ2) is 6.33. The first-order valence-electron chi connectivity index (χ1n) is 6.47. The van der Waals surface area contributed by atoms with Crippen molar-refractivity contribution in [1.29, 1.82) is 5.41 Å². The van der Waals surface area contributed by atoms with Gasteiger partial charge in [-0.15, -0.1) is 0 Å². The van der Waals surface area contributed by atoms with Gasteiger partial charge in [0.2, 0.25) is 0 Å². The third-order valence-corrected chi connectivity index (χ3v) is 3.30. The van der Waals surface area contributed by atoms with Gasteiger partial charge in [-0.3, -0.25) is 5.41 Å². The molecule has 5 heteroatoms. The number of piperidine rings is 1. The number of hydrogen-bond donors (Lipinski definition) is 2. The van der Waals surface area contributed by atoms with Crippen molar-refractivity contribution in [1.82, 2.24) is 4.90 Å². The number of rotatable bonds is 4. The highest BCUT2D eigenvalue weighted by Crippen LogP contribution is 2.12. The molecule has 0 unspecified atom stereocenters. The summed E-state index contributed by atoms with van der Waals surface area (Å²) in [5.41, 5.74) is 7.05. The molecular weight excluding hydrogens is 240 g/mol. The molecule has 0 saturated carbocycles. The molecule has 1 aliphatic heterocycles. The van der Waals surface area contributed by atoms with Gasteiger partial charge in [0.1, 0.15) is 11.9 Å². The molecule has 1 aromatic rings. The number of nitrogens with two attached hydrogens (primary N) is 1. The molecule has 0 radical (unpaired) electrons. The number of nitrogens with zero attached hydrogens (tertiary/aromatic N) is 2. The van der Waals surface area contributed by atoms with Crippen molar-refractivity contribution < 1.29 is 4.84 Å². The summed E-state index contributed by atoms with van der Waals surface area (Å²) >= 11 is 0. The van der Waals surface area contributed by atoms with Crippen molar-refractivity contribution in [2.75, 3.05) is 20.1 Å². The van der Waals surface area contributed by atoms with E-state index in [4.69, 9.17) is 16.0 Å². The molecule has 0 spiro atoms. The Morgan fingerprint density at radius 3 is 2.58 bits per heavy atom. The van der Waals surface area contributed by atoms with Gasteiger partial charge in [0, 0.05) is 18.7 Å². The summed E-state index contributed by atoms with van der Waals surface area (Å²) in [4.78, 5) is 7.78. The van der Waals surface area contributed by atoms with E-state index in [2.05, 4.69) is 17.1 Å². The van der Waals surface area contributed by atoms with Crippen LogP contribution in [0, 0.1) is 5.41 Å². The Balaban J connectivity index is 1.83. The van der Waals surface area contributed by atoms with E-state index in [9.17, 15) is 0 Å². The van der Waals surface area contributed by atoms with Crippen molar-refractivity contribution >= 4 is 12.1 Å². The zero-order valence-corrected chi connectivity index (χ0v) is 11.2. The Hall–Kier alpha value is -1.88. The van der Waals surface area contributed by atoms with Gasteiger partial charge >= 0.3 is 0 Å². The van der Waals surface area contributed by atoms with Crippen LogP contribution in [0.3, 0.4) is 0 Å². The molecule has 1 aromatic carbocycles. The Kier molecular flexibility index (Phi) is 4.52. The van der Waals surface area contributed by atoms with Crippen molar-refractivity contribution in [2.24, 2.45) is 10.9 Å². The summed E-state index contributed by atoms with van der Waals surface area (Å²) in [6.07, 6.45) is 3.97. The van der Waals surface area contributed by atoms with E-state index in [0.717, 1.165) is 31.5 Å². The second-order valence-electron chi connectivity index (χ2n) is 4.88. The summed E-state index contributed by atoms with van der Waals surface area (Å²) in [5, 5.41) is 11.3. The third kappa shape index (κ3) is 4.06. The lowest BCUT2D eigenvalue weighted by Crippen LogP contribution is -2.33. The smallest absolute Gasteiger partial charge is 0.130 e. The quantitative estimate of drug-likeness (QED) is 0.488. The molecule has 1 fully saturated rings. The minimum atomic E-state index is 0.0751. The second-order valence-corrected chi connectivity index (χ2v) is 4.88. The Morgan fingerprint density at radius 1 is 1.37 bits per heavy atom. The van der Waals surface area contributed by atoms with Crippen molar-refractivity contribution in [2.45, 2.75) is 18.9 Å². The molecule has 19 heavy (non-hydrogen) atoms. The molecule has 102 valence electrons. The van der Waals surface area contributed by atoms with Gasteiger partial charge in [-0.25, -0.2) is 0 Å². The molecule has 5 nitrogen and oxygen atoms in total. The minimum absolute atomic E-state index is 0.0751. The van der Waals surface area contributed by atoms with E-state index in [0.29, 0.717) is 5.56 Å². The molecule has 1 heterocycles. The number of nitrogens with one attached hydrogen (secondary N) is 1. The number of hydrogen-bond acceptors (Lipinski definition) is 4. The van der Waals surface area contributed by atoms with Crippen LogP contribution in [0.15, 0.2) is 29.4 Å². The van der Waals surface area contributed by atoms with E-state index < -0.39 is 0 Å². The number of nitrogen functional groups attached to an aromatic ring is 1. The Morgan fingerprint density at radius 2 is 2.00 bits per heavy atom. The fourth-order valence-corrected chi connectivity index (χ4v) is 2.02. The summed E-state index contributed by atoms with van der Waals surface area (Å²) in [6.45, 7) is 2.13. The highest BCUT2D eigenvalue weighted by Gasteiger charge is 2.17. The maximum atomic E-state index is 7.31. The van der Waals surface area contributed by atoms with Crippen molar-refractivity contribution in [3.05, 3.63) is 35.4 Å². The van der Waals surface area contributed by atoms with Gasteiger partial charge < -0.3 is 15.5 Å². The van der Waals surface area contributed by atoms with E-state index in [1.54, 1.807) is 18.3 Å². The molecule has 0 aromatic heterocycles. The first-order valence-corrected chi connectivity index (χ1v) is 6.47. The molecule has 0 atom stereocenters. The topological polar surface area (TPSA) is 74.7 Å². The van der Waals surface area contributed by atoms with Gasteiger partial charge in [0.05, 0.1) is 6.21 Å². The summed E-state index contributed by atoms with van der Waals surface area (Å²) < 4.78 is 0. The molecular formula is C14H20N4O. The first kappa shape index (κ1) is 13.5. The van der Waals surface area contributed by atoms with Crippen LogP contribution in [0.25, 0.3) is 0 Å². The monoisotopic (exact) mass is 260 g/mol. The van der Waals surface area contributed by atoms with E-state index in [1.165, 1.54) is 0 Å². The normalized spacial score (nSPS) is 17.7. The number of likely N-dealkylation sites (tertiary alicyclic amines) is 1. The van der Waals surface area contributed by atoms with Crippen LogP contribution < -0.4 is 5.73 Å². The largest absolute Gasteiger partial charge is 0.392 e. The van der Waals surface area contributed by atoms with Crippen LogP contribution >= 0.6 is 0 Å². The minimum Gasteiger partial charge on any atom is -0.392 e. The summed E-state index contributed by atoms with van der Waals surface area (Å²) in [6, 6.07) is 7.36. The van der Waals surface area contributed by atoms with Crippen LogP contribution in [-0.4, -0.2) is 43.2 Å². The summed E-state index contributed by atoms with van der Waals surface area (Å²) in [7, 11) is 2.12. The van der Waals surface area contributed by atoms with Crippen molar-refractivity contribution in [3.63, 3.8) is 0 Å².